The second-order valence-electron chi connectivity index (χ2n) is 6.60. The monoisotopic (exact) mass is 366 g/mol. The topological polar surface area (TPSA) is 42.3 Å². The molecule has 0 fully saturated rings. The number of aryl methyl sites for hydroxylation is 1. The smallest absolute Gasteiger partial charge is 0.215 e. The Morgan fingerprint density at radius 1 is 0.846 bits per heavy atom. The van der Waals surface area contributed by atoms with Crippen LogP contribution in [0, 0.1) is 0 Å². The molecule has 3 aromatic rings. The van der Waals surface area contributed by atoms with E-state index in [1.165, 1.54) is 0 Å². The maximum absolute atomic E-state index is 13.2. The molecular formula is C21H22N2O2S. The van der Waals surface area contributed by atoms with E-state index in [1.807, 2.05) is 79.0 Å². The molecule has 1 aliphatic rings. The highest BCUT2D eigenvalue weighted by Crippen LogP contribution is 2.34. The average molecular weight is 366 g/mol. The molecule has 134 valence electrons. The van der Waals surface area contributed by atoms with Crippen molar-refractivity contribution in [1.82, 2.24) is 8.87 Å². The summed E-state index contributed by atoms with van der Waals surface area (Å²) in [6.07, 6.45) is 2.56. The highest BCUT2D eigenvalue weighted by Gasteiger charge is 2.36. The van der Waals surface area contributed by atoms with E-state index in [2.05, 4.69) is 4.57 Å². The van der Waals surface area contributed by atoms with Crippen LogP contribution in [-0.2, 0) is 23.0 Å². The molecule has 1 aromatic heterocycles. The first kappa shape index (κ1) is 17.1. The Morgan fingerprint density at radius 2 is 1.54 bits per heavy atom. The number of aromatic nitrogens is 1. The number of rotatable bonds is 5. The Kier molecular flexibility index (Phi) is 4.66. The van der Waals surface area contributed by atoms with E-state index in [0.29, 0.717) is 19.5 Å². The molecule has 26 heavy (non-hydrogen) atoms. The van der Waals surface area contributed by atoms with Crippen molar-refractivity contribution in [1.29, 1.82) is 0 Å². The standard InChI is InChI=1S/C21H22N2O2S/c24-26(25,17-13-18-8-3-1-4-9-18)23-16-15-22-14-7-12-20(22)21(23)19-10-5-2-6-11-19/h1-12,14,21H,13,15-17H2. The van der Waals surface area contributed by atoms with Crippen LogP contribution in [0.3, 0.4) is 0 Å². The molecule has 1 aliphatic heterocycles. The summed E-state index contributed by atoms with van der Waals surface area (Å²) < 4.78 is 30.2. The van der Waals surface area contributed by atoms with Crippen LogP contribution >= 0.6 is 0 Å². The summed E-state index contributed by atoms with van der Waals surface area (Å²) >= 11 is 0. The fourth-order valence-corrected chi connectivity index (χ4v) is 5.28. The Morgan fingerprint density at radius 3 is 2.27 bits per heavy atom. The van der Waals surface area contributed by atoms with Gasteiger partial charge < -0.3 is 4.57 Å². The van der Waals surface area contributed by atoms with Gasteiger partial charge in [-0.15, -0.1) is 0 Å². The van der Waals surface area contributed by atoms with Crippen molar-refractivity contribution in [2.24, 2.45) is 0 Å². The molecule has 1 unspecified atom stereocenters. The van der Waals surface area contributed by atoms with Crippen LogP contribution in [0.1, 0.15) is 22.9 Å². The first-order valence-electron chi connectivity index (χ1n) is 8.88. The normalized spacial score (nSPS) is 17.8. The summed E-state index contributed by atoms with van der Waals surface area (Å²) in [7, 11) is -3.38. The average Bonchev–Trinajstić information content (AvgIpc) is 3.16. The Bertz CT molecular complexity index is 966. The third kappa shape index (κ3) is 3.32. The Balaban J connectivity index is 1.65. The van der Waals surface area contributed by atoms with E-state index in [0.717, 1.165) is 16.8 Å². The molecule has 2 heterocycles. The zero-order valence-electron chi connectivity index (χ0n) is 14.5. The van der Waals surface area contributed by atoms with Gasteiger partial charge in [0, 0.05) is 25.0 Å². The van der Waals surface area contributed by atoms with Crippen LogP contribution in [0.2, 0.25) is 0 Å². The van der Waals surface area contributed by atoms with Crippen molar-refractivity contribution >= 4 is 10.0 Å². The number of fused-ring (bicyclic) bond motifs is 1. The summed E-state index contributed by atoms with van der Waals surface area (Å²) in [4.78, 5) is 0. The molecule has 0 spiro atoms. The van der Waals surface area contributed by atoms with Gasteiger partial charge in [-0.3, -0.25) is 0 Å². The minimum atomic E-state index is -3.38. The van der Waals surface area contributed by atoms with Crippen LogP contribution in [-0.4, -0.2) is 29.6 Å². The van der Waals surface area contributed by atoms with Crippen molar-refractivity contribution in [3.05, 3.63) is 95.8 Å². The predicted molar refractivity (Wildman–Crippen MR) is 103 cm³/mol. The van der Waals surface area contributed by atoms with Crippen molar-refractivity contribution in [2.45, 2.75) is 19.0 Å². The summed E-state index contributed by atoms with van der Waals surface area (Å²) in [6.45, 7) is 1.19. The largest absolute Gasteiger partial charge is 0.348 e. The quantitative estimate of drug-likeness (QED) is 0.694. The van der Waals surface area contributed by atoms with Crippen LogP contribution in [0.4, 0.5) is 0 Å². The molecule has 0 amide bonds. The van der Waals surface area contributed by atoms with Gasteiger partial charge >= 0.3 is 0 Å². The van der Waals surface area contributed by atoms with Gasteiger partial charge in [-0.2, -0.15) is 4.31 Å². The maximum Gasteiger partial charge on any atom is 0.215 e. The number of hydrogen-bond donors (Lipinski definition) is 0. The number of sulfonamides is 1. The molecule has 4 nitrogen and oxygen atoms in total. The van der Waals surface area contributed by atoms with Crippen molar-refractivity contribution in [3.8, 4) is 0 Å². The predicted octanol–water partition coefficient (Wildman–Crippen LogP) is 3.47. The highest BCUT2D eigenvalue weighted by atomic mass is 32.2. The van der Waals surface area contributed by atoms with Crippen LogP contribution in [0.15, 0.2) is 79.0 Å². The van der Waals surface area contributed by atoms with Crippen molar-refractivity contribution in [3.63, 3.8) is 0 Å². The third-order valence-corrected chi connectivity index (χ3v) is 6.79. The molecule has 0 radical (unpaired) electrons. The highest BCUT2D eigenvalue weighted by molar-refractivity contribution is 7.89. The van der Waals surface area contributed by atoms with E-state index < -0.39 is 10.0 Å². The number of hydrogen-bond acceptors (Lipinski definition) is 2. The molecule has 0 bridgehead atoms. The maximum atomic E-state index is 13.2. The van der Waals surface area contributed by atoms with Gasteiger partial charge in [-0.05, 0) is 29.7 Å². The molecule has 4 rings (SSSR count). The van der Waals surface area contributed by atoms with E-state index in [4.69, 9.17) is 0 Å². The van der Waals surface area contributed by atoms with Gasteiger partial charge in [-0.1, -0.05) is 60.7 Å². The van der Waals surface area contributed by atoms with E-state index in [1.54, 1.807) is 4.31 Å². The fraction of sp³-hybridized carbons (Fsp3) is 0.238. The molecule has 0 saturated heterocycles. The first-order chi connectivity index (χ1) is 12.6. The molecule has 5 heteroatoms. The van der Waals surface area contributed by atoms with Crippen LogP contribution in [0.5, 0.6) is 0 Å². The van der Waals surface area contributed by atoms with Gasteiger partial charge in [0.25, 0.3) is 0 Å². The Hall–Kier alpha value is -2.37. The van der Waals surface area contributed by atoms with Gasteiger partial charge in [0.1, 0.15) is 0 Å². The number of benzene rings is 2. The molecule has 1 atom stereocenters. The first-order valence-corrected chi connectivity index (χ1v) is 10.5. The van der Waals surface area contributed by atoms with Gasteiger partial charge in [0.05, 0.1) is 11.8 Å². The zero-order chi connectivity index (χ0) is 18.0. The number of nitrogens with zero attached hydrogens (tertiary/aromatic N) is 2. The van der Waals surface area contributed by atoms with Crippen LogP contribution in [0.25, 0.3) is 0 Å². The van der Waals surface area contributed by atoms with Crippen LogP contribution < -0.4 is 0 Å². The van der Waals surface area contributed by atoms with Gasteiger partial charge in [0.15, 0.2) is 0 Å². The minimum absolute atomic E-state index is 0.126. The molecular weight excluding hydrogens is 344 g/mol. The van der Waals surface area contributed by atoms with E-state index in [-0.39, 0.29) is 11.8 Å². The van der Waals surface area contributed by atoms with Gasteiger partial charge in [-0.25, -0.2) is 8.42 Å². The van der Waals surface area contributed by atoms with E-state index >= 15 is 0 Å². The van der Waals surface area contributed by atoms with E-state index in [9.17, 15) is 8.42 Å². The lowest BCUT2D eigenvalue weighted by atomic mass is 10.0. The fourth-order valence-electron chi connectivity index (χ4n) is 3.64. The summed E-state index contributed by atoms with van der Waals surface area (Å²) in [5, 5.41) is 0. The lowest BCUT2D eigenvalue weighted by Crippen LogP contribution is -2.43. The van der Waals surface area contributed by atoms with Crippen molar-refractivity contribution < 1.29 is 8.42 Å². The minimum Gasteiger partial charge on any atom is -0.348 e. The zero-order valence-corrected chi connectivity index (χ0v) is 15.3. The van der Waals surface area contributed by atoms with Crippen molar-refractivity contribution in [2.75, 3.05) is 12.3 Å². The summed E-state index contributed by atoms with van der Waals surface area (Å²) in [5.74, 6) is 0.126. The summed E-state index contributed by atoms with van der Waals surface area (Å²) in [6, 6.07) is 23.4. The second kappa shape index (κ2) is 7.09. The lowest BCUT2D eigenvalue weighted by Gasteiger charge is -2.36. The molecule has 0 saturated carbocycles. The summed E-state index contributed by atoms with van der Waals surface area (Å²) in [5.41, 5.74) is 3.09. The molecule has 0 aliphatic carbocycles. The van der Waals surface area contributed by atoms with Gasteiger partial charge in [0.2, 0.25) is 10.0 Å². The SMILES string of the molecule is O=S(=O)(CCc1ccccc1)N1CCn2cccc2C1c1ccccc1. The third-order valence-electron chi connectivity index (χ3n) is 4.96. The molecule has 2 aromatic carbocycles. The lowest BCUT2D eigenvalue weighted by molar-refractivity contribution is 0.298. The Labute approximate surface area is 154 Å². The molecule has 0 N–H and O–H groups in total. The second-order valence-corrected chi connectivity index (χ2v) is 8.64.